The van der Waals surface area contributed by atoms with E-state index in [1.54, 1.807) is 0 Å². The Morgan fingerprint density at radius 3 is 2.75 bits per heavy atom. The SMILES string of the molecule is C[C@@H](O)[C@@H]1CCCN1. The topological polar surface area (TPSA) is 32.3 Å². The fourth-order valence-corrected chi connectivity index (χ4v) is 1.12. The lowest BCUT2D eigenvalue weighted by Crippen LogP contribution is -2.32. The highest BCUT2D eigenvalue weighted by molar-refractivity contribution is 4.77. The maximum Gasteiger partial charge on any atom is 0.0665 e. The van der Waals surface area contributed by atoms with Crippen LogP contribution in [0.4, 0.5) is 0 Å². The molecular weight excluding hydrogens is 102 g/mol. The first-order chi connectivity index (χ1) is 3.80. The van der Waals surface area contributed by atoms with Crippen molar-refractivity contribution in [3.8, 4) is 0 Å². The summed E-state index contributed by atoms with van der Waals surface area (Å²) in [5.41, 5.74) is 0. The Morgan fingerprint density at radius 1 is 1.75 bits per heavy atom. The number of hydrogen-bond acceptors (Lipinski definition) is 2. The predicted molar refractivity (Wildman–Crippen MR) is 32.7 cm³/mol. The molecule has 1 heterocycles. The summed E-state index contributed by atoms with van der Waals surface area (Å²) in [5.74, 6) is 0. The summed E-state index contributed by atoms with van der Waals surface area (Å²) in [5, 5.41) is 12.2. The highest BCUT2D eigenvalue weighted by Gasteiger charge is 2.17. The summed E-state index contributed by atoms with van der Waals surface area (Å²) in [6, 6.07) is 0.370. The summed E-state index contributed by atoms with van der Waals surface area (Å²) in [6.45, 7) is 2.92. The van der Waals surface area contributed by atoms with Crippen LogP contribution in [0.3, 0.4) is 0 Å². The lowest BCUT2D eigenvalue weighted by Gasteiger charge is -2.11. The molecule has 0 spiro atoms. The Bertz CT molecular complexity index is 66.9. The van der Waals surface area contributed by atoms with Crippen molar-refractivity contribution in [1.82, 2.24) is 5.32 Å². The van der Waals surface area contributed by atoms with Crippen LogP contribution in [-0.2, 0) is 0 Å². The first-order valence-corrected chi connectivity index (χ1v) is 3.22. The Labute approximate surface area is 49.9 Å². The maximum absolute atomic E-state index is 8.99. The van der Waals surface area contributed by atoms with Gasteiger partial charge in [-0.15, -0.1) is 0 Å². The molecule has 48 valence electrons. The minimum Gasteiger partial charge on any atom is -0.392 e. The van der Waals surface area contributed by atoms with Crippen LogP contribution in [0.15, 0.2) is 0 Å². The molecule has 2 N–H and O–H groups in total. The quantitative estimate of drug-likeness (QED) is 0.508. The van der Waals surface area contributed by atoms with Gasteiger partial charge in [-0.05, 0) is 26.3 Å². The zero-order chi connectivity index (χ0) is 5.98. The van der Waals surface area contributed by atoms with Crippen molar-refractivity contribution in [3.05, 3.63) is 0 Å². The van der Waals surface area contributed by atoms with Gasteiger partial charge in [0.25, 0.3) is 0 Å². The molecule has 1 rings (SSSR count). The third kappa shape index (κ3) is 1.20. The molecule has 0 aromatic rings. The summed E-state index contributed by atoms with van der Waals surface area (Å²) >= 11 is 0. The molecule has 1 fully saturated rings. The van der Waals surface area contributed by atoms with E-state index >= 15 is 0 Å². The molecule has 0 radical (unpaired) electrons. The third-order valence-electron chi connectivity index (χ3n) is 1.68. The Kier molecular flexibility index (Phi) is 1.86. The molecule has 2 atom stereocenters. The van der Waals surface area contributed by atoms with Crippen LogP contribution < -0.4 is 5.32 Å². The molecule has 1 saturated heterocycles. The van der Waals surface area contributed by atoms with Crippen LogP contribution in [0.1, 0.15) is 19.8 Å². The molecule has 0 bridgehead atoms. The van der Waals surface area contributed by atoms with Gasteiger partial charge in [-0.25, -0.2) is 0 Å². The van der Waals surface area contributed by atoms with Gasteiger partial charge in [0.05, 0.1) is 6.10 Å². The summed E-state index contributed by atoms with van der Waals surface area (Å²) in [7, 11) is 0. The number of nitrogens with one attached hydrogen (secondary N) is 1. The number of rotatable bonds is 1. The lowest BCUT2D eigenvalue weighted by atomic mass is 10.1. The second-order valence-electron chi connectivity index (χ2n) is 2.44. The average Bonchev–Trinajstić information content (AvgIpc) is 2.12. The minimum absolute atomic E-state index is 0.169. The average molecular weight is 115 g/mol. The van der Waals surface area contributed by atoms with E-state index in [4.69, 9.17) is 5.11 Å². The Hall–Kier alpha value is -0.0800. The van der Waals surface area contributed by atoms with Crippen molar-refractivity contribution < 1.29 is 5.11 Å². The number of aliphatic hydroxyl groups excluding tert-OH is 1. The molecule has 0 aliphatic carbocycles. The highest BCUT2D eigenvalue weighted by Crippen LogP contribution is 2.07. The van der Waals surface area contributed by atoms with E-state index in [0.29, 0.717) is 6.04 Å². The van der Waals surface area contributed by atoms with Gasteiger partial charge in [-0.1, -0.05) is 0 Å². The van der Waals surface area contributed by atoms with Crippen molar-refractivity contribution in [1.29, 1.82) is 0 Å². The molecular formula is C6H13NO. The van der Waals surface area contributed by atoms with E-state index in [0.717, 1.165) is 13.0 Å². The second kappa shape index (κ2) is 2.46. The normalized spacial score (nSPS) is 33.0. The molecule has 1 aliphatic heterocycles. The molecule has 8 heavy (non-hydrogen) atoms. The number of aliphatic hydroxyl groups is 1. The Balaban J connectivity index is 2.24. The third-order valence-corrected chi connectivity index (χ3v) is 1.68. The van der Waals surface area contributed by atoms with Crippen LogP contribution >= 0.6 is 0 Å². The largest absolute Gasteiger partial charge is 0.392 e. The van der Waals surface area contributed by atoms with Crippen LogP contribution in [0.2, 0.25) is 0 Å². The van der Waals surface area contributed by atoms with E-state index in [9.17, 15) is 0 Å². The first kappa shape index (κ1) is 6.05. The monoisotopic (exact) mass is 115 g/mol. The maximum atomic E-state index is 8.99. The second-order valence-corrected chi connectivity index (χ2v) is 2.44. The van der Waals surface area contributed by atoms with Gasteiger partial charge in [-0.3, -0.25) is 0 Å². The fourth-order valence-electron chi connectivity index (χ4n) is 1.12. The van der Waals surface area contributed by atoms with E-state index in [2.05, 4.69) is 5.32 Å². The molecule has 0 saturated carbocycles. The number of hydrogen-bond donors (Lipinski definition) is 2. The summed E-state index contributed by atoms with van der Waals surface area (Å²) < 4.78 is 0. The van der Waals surface area contributed by atoms with Crippen molar-refractivity contribution in [2.24, 2.45) is 0 Å². The fraction of sp³-hybridized carbons (Fsp3) is 1.00. The van der Waals surface area contributed by atoms with Gasteiger partial charge in [0.2, 0.25) is 0 Å². The predicted octanol–water partition coefficient (Wildman–Crippen LogP) is 0.119. The standard InChI is InChI=1S/C6H13NO/c1-5(8)6-3-2-4-7-6/h5-8H,2-4H2,1H3/t5-,6+/m1/s1. The molecule has 0 amide bonds. The van der Waals surface area contributed by atoms with Crippen molar-refractivity contribution in [2.75, 3.05) is 6.54 Å². The van der Waals surface area contributed by atoms with E-state index in [1.807, 2.05) is 6.92 Å². The molecule has 0 aromatic heterocycles. The van der Waals surface area contributed by atoms with E-state index < -0.39 is 0 Å². The van der Waals surface area contributed by atoms with Gasteiger partial charge < -0.3 is 10.4 Å². The molecule has 0 aromatic carbocycles. The van der Waals surface area contributed by atoms with Crippen molar-refractivity contribution in [2.45, 2.75) is 31.9 Å². The molecule has 2 heteroatoms. The van der Waals surface area contributed by atoms with Crippen LogP contribution in [0, 0.1) is 0 Å². The molecule has 1 aliphatic rings. The van der Waals surface area contributed by atoms with Gasteiger partial charge in [0.1, 0.15) is 0 Å². The van der Waals surface area contributed by atoms with Crippen molar-refractivity contribution in [3.63, 3.8) is 0 Å². The van der Waals surface area contributed by atoms with Gasteiger partial charge in [-0.2, -0.15) is 0 Å². The summed E-state index contributed by atoms with van der Waals surface area (Å²) in [6.07, 6.45) is 2.19. The lowest BCUT2D eigenvalue weighted by molar-refractivity contribution is 0.154. The van der Waals surface area contributed by atoms with Gasteiger partial charge in [0, 0.05) is 6.04 Å². The van der Waals surface area contributed by atoms with E-state index in [1.165, 1.54) is 6.42 Å². The van der Waals surface area contributed by atoms with Gasteiger partial charge >= 0.3 is 0 Å². The van der Waals surface area contributed by atoms with Gasteiger partial charge in [0.15, 0.2) is 0 Å². The van der Waals surface area contributed by atoms with Crippen molar-refractivity contribution >= 4 is 0 Å². The smallest absolute Gasteiger partial charge is 0.0665 e. The van der Waals surface area contributed by atoms with Crippen LogP contribution in [-0.4, -0.2) is 23.8 Å². The minimum atomic E-state index is -0.169. The van der Waals surface area contributed by atoms with Crippen LogP contribution in [0.5, 0.6) is 0 Å². The van der Waals surface area contributed by atoms with Crippen LogP contribution in [0.25, 0.3) is 0 Å². The summed E-state index contributed by atoms with van der Waals surface area (Å²) in [4.78, 5) is 0. The Morgan fingerprint density at radius 2 is 2.50 bits per heavy atom. The highest BCUT2D eigenvalue weighted by atomic mass is 16.3. The van der Waals surface area contributed by atoms with E-state index in [-0.39, 0.29) is 6.10 Å². The zero-order valence-electron chi connectivity index (χ0n) is 5.22. The first-order valence-electron chi connectivity index (χ1n) is 3.22. The molecule has 2 nitrogen and oxygen atoms in total. The molecule has 0 unspecified atom stereocenters. The zero-order valence-corrected chi connectivity index (χ0v) is 5.22.